The van der Waals surface area contributed by atoms with Crippen LogP contribution < -0.4 is 4.74 Å². The lowest BCUT2D eigenvalue weighted by atomic mass is 9.75. The summed E-state index contributed by atoms with van der Waals surface area (Å²) in [4.78, 5) is 16.5. The summed E-state index contributed by atoms with van der Waals surface area (Å²) in [5.41, 5.74) is -0.706. The highest BCUT2D eigenvalue weighted by Gasteiger charge is 2.54. The van der Waals surface area contributed by atoms with Gasteiger partial charge in [-0.15, -0.1) is 0 Å². The number of hydrogen-bond acceptors (Lipinski definition) is 4. The molecule has 0 saturated heterocycles. The van der Waals surface area contributed by atoms with Crippen molar-refractivity contribution in [2.75, 3.05) is 7.11 Å². The Morgan fingerprint density at radius 2 is 2.00 bits per heavy atom. The van der Waals surface area contributed by atoms with Crippen molar-refractivity contribution in [1.82, 2.24) is 4.98 Å². The van der Waals surface area contributed by atoms with Gasteiger partial charge in [0.2, 0.25) is 0 Å². The molecule has 4 nitrogen and oxygen atoms in total. The second kappa shape index (κ2) is 6.67. The van der Waals surface area contributed by atoms with Gasteiger partial charge in [0.05, 0.1) is 24.9 Å². The number of methoxy groups -OCH3 is 1. The topological polar surface area (TPSA) is 48.4 Å². The van der Waals surface area contributed by atoms with Crippen LogP contribution in [0.4, 0.5) is 8.78 Å². The molecule has 138 valence electrons. The fourth-order valence-corrected chi connectivity index (χ4v) is 3.95. The van der Waals surface area contributed by atoms with Gasteiger partial charge in [-0.3, -0.25) is 9.78 Å². The average molecular weight is 361 g/mol. The van der Waals surface area contributed by atoms with E-state index in [0.29, 0.717) is 36.1 Å². The van der Waals surface area contributed by atoms with Crippen LogP contribution in [-0.2, 0) is 14.9 Å². The van der Waals surface area contributed by atoms with Crippen molar-refractivity contribution in [3.05, 3.63) is 59.4 Å². The highest BCUT2D eigenvalue weighted by Crippen LogP contribution is 2.49. The zero-order valence-electron chi connectivity index (χ0n) is 15.0. The molecular weight excluding hydrogens is 340 g/mol. The molecule has 26 heavy (non-hydrogen) atoms. The molecule has 0 spiro atoms. The number of hydrogen-bond donors (Lipinski definition) is 0. The molecule has 1 aliphatic carbocycles. The van der Waals surface area contributed by atoms with E-state index in [1.807, 2.05) is 6.92 Å². The maximum Gasteiger partial charge on any atom is 0.316 e. The maximum atomic E-state index is 14.1. The van der Waals surface area contributed by atoms with Gasteiger partial charge in [-0.25, -0.2) is 8.78 Å². The molecule has 0 N–H and O–H groups in total. The molecule has 1 fully saturated rings. The van der Waals surface area contributed by atoms with E-state index in [-0.39, 0.29) is 5.82 Å². The number of aromatic nitrogens is 1. The minimum atomic E-state index is -1.00. The second-order valence-corrected chi connectivity index (χ2v) is 7.05. The predicted molar refractivity (Wildman–Crippen MR) is 91.9 cm³/mol. The fourth-order valence-electron chi connectivity index (χ4n) is 3.95. The first-order chi connectivity index (χ1) is 12.3. The van der Waals surface area contributed by atoms with Gasteiger partial charge in [0, 0.05) is 12.5 Å². The van der Waals surface area contributed by atoms with E-state index < -0.39 is 22.8 Å². The van der Waals surface area contributed by atoms with E-state index in [2.05, 4.69) is 4.98 Å². The summed E-state index contributed by atoms with van der Waals surface area (Å²) in [5, 5.41) is 0. The average Bonchev–Trinajstić information content (AvgIpc) is 2.95. The van der Waals surface area contributed by atoms with Crippen LogP contribution in [0, 0.1) is 18.6 Å². The largest absolute Gasteiger partial charge is 0.486 e. The summed E-state index contributed by atoms with van der Waals surface area (Å²) < 4.78 is 38.6. The molecule has 6 heteroatoms. The monoisotopic (exact) mass is 361 g/mol. The molecule has 1 heterocycles. The SMILES string of the molecule is COC(=O)[C@@]1(c2cccc(F)c2C)CC[C@@](C)(Oc2cncc(F)c2)C1. The first kappa shape index (κ1) is 18.3. The van der Waals surface area contributed by atoms with Gasteiger partial charge in [-0.1, -0.05) is 12.1 Å². The Labute approximate surface area is 151 Å². The standard InChI is InChI=1S/C20H21F2NO3/c1-13-16(5-4-6-17(13)22)20(18(24)25-3)8-7-19(2,12-20)26-15-9-14(21)10-23-11-15/h4-6,9-11H,7-8,12H2,1-3H3/t19-,20+/m1/s1. The van der Waals surface area contributed by atoms with Crippen molar-refractivity contribution in [1.29, 1.82) is 0 Å². The number of benzene rings is 1. The van der Waals surface area contributed by atoms with Crippen LogP contribution >= 0.6 is 0 Å². The van der Waals surface area contributed by atoms with Gasteiger partial charge in [-0.05, 0) is 43.9 Å². The lowest BCUT2D eigenvalue weighted by Gasteiger charge is -2.32. The number of nitrogens with zero attached hydrogens (tertiary/aromatic N) is 1. The number of carbonyl (C=O) groups is 1. The summed E-state index contributed by atoms with van der Waals surface area (Å²) in [6.07, 6.45) is 3.81. The summed E-state index contributed by atoms with van der Waals surface area (Å²) in [7, 11) is 1.33. The normalized spacial score (nSPS) is 25.1. The summed E-state index contributed by atoms with van der Waals surface area (Å²) in [5.74, 6) is -0.987. The van der Waals surface area contributed by atoms with Gasteiger partial charge in [0.25, 0.3) is 0 Å². The van der Waals surface area contributed by atoms with Crippen LogP contribution in [0.5, 0.6) is 5.75 Å². The van der Waals surface area contributed by atoms with Crippen molar-refractivity contribution < 1.29 is 23.0 Å². The highest BCUT2D eigenvalue weighted by molar-refractivity contribution is 5.84. The van der Waals surface area contributed by atoms with Crippen LogP contribution in [0.1, 0.15) is 37.3 Å². The minimum absolute atomic E-state index is 0.295. The van der Waals surface area contributed by atoms with Crippen molar-refractivity contribution in [2.24, 2.45) is 0 Å². The molecule has 1 aromatic heterocycles. The molecule has 1 saturated carbocycles. The van der Waals surface area contributed by atoms with E-state index >= 15 is 0 Å². The quantitative estimate of drug-likeness (QED) is 0.770. The molecule has 0 unspecified atom stereocenters. The van der Waals surface area contributed by atoms with Crippen molar-refractivity contribution in [3.63, 3.8) is 0 Å². The van der Waals surface area contributed by atoms with Gasteiger partial charge < -0.3 is 9.47 Å². The third-order valence-electron chi connectivity index (χ3n) is 5.16. The van der Waals surface area contributed by atoms with Gasteiger partial charge in [0.1, 0.15) is 23.0 Å². The lowest BCUT2D eigenvalue weighted by Crippen LogP contribution is -2.39. The van der Waals surface area contributed by atoms with Crippen LogP contribution in [0.15, 0.2) is 36.7 Å². The van der Waals surface area contributed by atoms with E-state index in [1.54, 1.807) is 19.1 Å². The smallest absolute Gasteiger partial charge is 0.316 e. The number of carbonyl (C=O) groups excluding carboxylic acids is 1. The molecule has 3 rings (SSSR count). The third kappa shape index (κ3) is 3.16. The molecule has 2 atom stereocenters. The fraction of sp³-hybridized carbons (Fsp3) is 0.400. The molecule has 0 bridgehead atoms. The van der Waals surface area contributed by atoms with Crippen LogP contribution in [0.3, 0.4) is 0 Å². The third-order valence-corrected chi connectivity index (χ3v) is 5.16. The number of halogens is 2. The number of ether oxygens (including phenoxy) is 2. The summed E-state index contributed by atoms with van der Waals surface area (Å²) >= 11 is 0. The van der Waals surface area contributed by atoms with Gasteiger partial charge in [0.15, 0.2) is 0 Å². The zero-order valence-corrected chi connectivity index (χ0v) is 15.0. The van der Waals surface area contributed by atoms with Gasteiger partial charge in [-0.2, -0.15) is 0 Å². The molecule has 0 aliphatic heterocycles. The Morgan fingerprint density at radius 3 is 2.69 bits per heavy atom. The molecule has 0 radical (unpaired) electrons. The van der Waals surface area contributed by atoms with E-state index in [4.69, 9.17) is 9.47 Å². The first-order valence-electron chi connectivity index (χ1n) is 8.43. The molecule has 2 aromatic rings. The Bertz CT molecular complexity index is 842. The summed E-state index contributed by atoms with van der Waals surface area (Å²) in [6.45, 7) is 3.51. The van der Waals surface area contributed by atoms with Crippen molar-refractivity contribution in [3.8, 4) is 5.75 Å². The lowest BCUT2D eigenvalue weighted by molar-refractivity contribution is -0.148. The highest BCUT2D eigenvalue weighted by atomic mass is 19.1. The van der Waals surface area contributed by atoms with E-state index in [9.17, 15) is 13.6 Å². The number of pyridine rings is 1. The Kier molecular flexibility index (Phi) is 4.69. The summed E-state index contributed by atoms with van der Waals surface area (Å²) in [6, 6.07) is 5.97. The Hall–Kier alpha value is -2.50. The minimum Gasteiger partial charge on any atom is -0.486 e. The van der Waals surface area contributed by atoms with Crippen LogP contribution in [0.2, 0.25) is 0 Å². The van der Waals surface area contributed by atoms with Crippen LogP contribution in [-0.4, -0.2) is 23.7 Å². The Balaban J connectivity index is 1.98. The Morgan fingerprint density at radius 1 is 1.23 bits per heavy atom. The van der Waals surface area contributed by atoms with Crippen LogP contribution in [0.25, 0.3) is 0 Å². The first-order valence-corrected chi connectivity index (χ1v) is 8.43. The molecule has 1 aromatic carbocycles. The van der Waals surface area contributed by atoms with E-state index in [0.717, 1.165) is 6.20 Å². The predicted octanol–water partition coefficient (Wildman–Crippen LogP) is 4.10. The van der Waals surface area contributed by atoms with Crippen molar-refractivity contribution >= 4 is 5.97 Å². The second-order valence-electron chi connectivity index (χ2n) is 7.05. The number of esters is 1. The molecular formula is C20H21F2NO3. The van der Waals surface area contributed by atoms with Crippen molar-refractivity contribution in [2.45, 2.75) is 44.1 Å². The maximum absolute atomic E-state index is 14.1. The molecule has 1 aliphatic rings. The van der Waals surface area contributed by atoms with Gasteiger partial charge >= 0.3 is 5.97 Å². The molecule has 0 amide bonds. The number of rotatable bonds is 4. The zero-order chi connectivity index (χ0) is 18.9. The van der Waals surface area contributed by atoms with E-state index in [1.165, 1.54) is 25.4 Å².